The van der Waals surface area contributed by atoms with E-state index in [-0.39, 0.29) is 30.4 Å². The third-order valence-corrected chi connectivity index (χ3v) is 7.74. The smallest absolute Gasteiger partial charge is 0.226 e. The van der Waals surface area contributed by atoms with Gasteiger partial charge in [0.25, 0.3) is 0 Å². The van der Waals surface area contributed by atoms with Gasteiger partial charge in [-0.25, -0.2) is 0 Å². The fraction of sp³-hybridized carbons (Fsp3) is 0.400. The van der Waals surface area contributed by atoms with Gasteiger partial charge in [-0.2, -0.15) is 0 Å². The van der Waals surface area contributed by atoms with Crippen LogP contribution in [0.25, 0.3) is 0 Å². The topological polar surface area (TPSA) is 84.5 Å². The standard InChI is InChI=1S/C25H32N2O4Si/c1-5-31-20-10-8-18(9-11-20)24(27-25(30)19-15-23(29)26-16-19)22(28)14-17-6-12-21(13-7-17)32(2,3)4/h6-13,19,24H,5,14-16H2,1-4H3,(H,26,29)(H,27,30). The minimum Gasteiger partial charge on any atom is -0.494 e. The molecule has 7 heteroatoms. The first-order valence-corrected chi connectivity index (χ1v) is 14.6. The van der Waals surface area contributed by atoms with Crippen molar-refractivity contribution in [3.63, 3.8) is 0 Å². The molecule has 2 atom stereocenters. The molecule has 2 aromatic carbocycles. The van der Waals surface area contributed by atoms with E-state index in [0.29, 0.717) is 24.5 Å². The molecule has 2 N–H and O–H groups in total. The molecule has 2 aromatic rings. The third kappa shape index (κ3) is 6.07. The molecule has 0 aromatic heterocycles. The van der Waals surface area contributed by atoms with Crippen molar-refractivity contribution in [2.24, 2.45) is 5.92 Å². The Balaban J connectivity index is 1.79. The van der Waals surface area contributed by atoms with Crippen LogP contribution in [-0.4, -0.2) is 38.8 Å². The van der Waals surface area contributed by atoms with Crippen molar-refractivity contribution >= 4 is 30.9 Å². The molecule has 32 heavy (non-hydrogen) atoms. The van der Waals surface area contributed by atoms with E-state index in [1.165, 1.54) is 5.19 Å². The average Bonchev–Trinajstić information content (AvgIpc) is 3.19. The van der Waals surface area contributed by atoms with Gasteiger partial charge in [0.05, 0.1) is 20.6 Å². The number of amides is 2. The Morgan fingerprint density at radius 1 is 1.09 bits per heavy atom. The van der Waals surface area contributed by atoms with Gasteiger partial charge in [-0.1, -0.05) is 61.2 Å². The zero-order chi connectivity index (χ0) is 23.3. The molecule has 2 amide bonds. The Kier molecular flexibility index (Phi) is 7.51. The van der Waals surface area contributed by atoms with Crippen molar-refractivity contribution in [2.75, 3.05) is 13.2 Å². The molecule has 170 valence electrons. The van der Waals surface area contributed by atoms with Gasteiger partial charge in [-0.15, -0.1) is 0 Å². The van der Waals surface area contributed by atoms with Gasteiger partial charge >= 0.3 is 0 Å². The highest BCUT2D eigenvalue weighted by molar-refractivity contribution is 6.88. The van der Waals surface area contributed by atoms with Gasteiger partial charge in [0.1, 0.15) is 11.8 Å². The zero-order valence-electron chi connectivity index (χ0n) is 19.2. The molecule has 0 bridgehead atoms. The molecule has 1 fully saturated rings. The largest absolute Gasteiger partial charge is 0.494 e. The van der Waals surface area contributed by atoms with Crippen LogP contribution in [-0.2, 0) is 20.8 Å². The molecule has 1 aliphatic rings. The molecule has 1 saturated heterocycles. The van der Waals surface area contributed by atoms with Gasteiger partial charge in [0.15, 0.2) is 5.78 Å². The lowest BCUT2D eigenvalue weighted by Gasteiger charge is -2.21. The van der Waals surface area contributed by atoms with Crippen molar-refractivity contribution in [3.05, 3.63) is 59.7 Å². The Hall–Kier alpha value is -2.93. The minimum atomic E-state index is -1.41. The van der Waals surface area contributed by atoms with Crippen LogP contribution in [0, 0.1) is 5.92 Å². The summed E-state index contributed by atoms with van der Waals surface area (Å²) in [4.78, 5) is 37.6. The number of benzene rings is 2. The van der Waals surface area contributed by atoms with Gasteiger partial charge in [0.2, 0.25) is 11.8 Å². The highest BCUT2D eigenvalue weighted by Gasteiger charge is 2.31. The van der Waals surface area contributed by atoms with Gasteiger partial charge in [-0.3, -0.25) is 14.4 Å². The normalized spacial score (nSPS) is 16.9. The monoisotopic (exact) mass is 452 g/mol. The first-order chi connectivity index (χ1) is 15.2. The van der Waals surface area contributed by atoms with Crippen molar-refractivity contribution in [3.8, 4) is 5.75 Å². The number of hydrogen-bond acceptors (Lipinski definition) is 4. The number of hydrogen-bond donors (Lipinski definition) is 2. The Labute approximate surface area is 190 Å². The van der Waals surface area contributed by atoms with E-state index >= 15 is 0 Å². The van der Waals surface area contributed by atoms with Crippen LogP contribution in [0.3, 0.4) is 0 Å². The SMILES string of the molecule is CCOc1ccc(C(NC(=O)C2CNC(=O)C2)C(=O)Cc2ccc([Si](C)(C)C)cc2)cc1. The van der Waals surface area contributed by atoms with E-state index in [0.717, 1.165) is 5.56 Å². The van der Waals surface area contributed by atoms with Crippen LogP contribution >= 0.6 is 0 Å². The average molecular weight is 453 g/mol. The van der Waals surface area contributed by atoms with E-state index in [1.54, 1.807) is 24.3 Å². The van der Waals surface area contributed by atoms with E-state index in [1.807, 2.05) is 19.1 Å². The quantitative estimate of drug-likeness (QED) is 0.573. The van der Waals surface area contributed by atoms with Crippen LogP contribution in [0.5, 0.6) is 5.75 Å². The molecule has 0 saturated carbocycles. The molecular formula is C25H32N2O4Si. The maximum absolute atomic E-state index is 13.3. The van der Waals surface area contributed by atoms with Crippen LogP contribution in [0.4, 0.5) is 0 Å². The number of ether oxygens (including phenoxy) is 1. The van der Waals surface area contributed by atoms with Gasteiger partial charge < -0.3 is 15.4 Å². The lowest BCUT2D eigenvalue weighted by Crippen LogP contribution is -2.39. The van der Waals surface area contributed by atoms with Crippen molar-refractivity contribution in [1.82, 2.24) is 10.6 Å². The van der Waals surface area contributed by atoms with Crippen LogP contribution in [0.2, 0.25) is 19.6 Å². The second kappa shape index (κ2) is 10.1. The molecule has 3 rings (SSSR count). The van der Waals surface area contributed by atoms with Crippen LogP contribution in [0.15, 0.2) is 48.5 Å². The summed E-state index contributed by atoms with van der Waals surface area (Å²) in [6, 6.07) is 14.6. The third-order valence-electron chi connectivity index (χ3n) is 5.68. The summed E-state index contributed by atoms with van der Waals surface area (Å²) in [5.74, 6) is -0.278. The molecule has 0 radical (unpaired) electrons. The van der Waals surface area contributed by atoms with E-state index < -0.39 is 20.0 Å². The number of carbonyl (C=O) groups excluding carboxylic acids is 3. The van der Waals surface area contributed by atoms with Crippen molar-refractivity contribution in [2.45, 2.75) is 45.4 Å². The first kappa shape index (κ1) is 23.7. The summed E-state index contributed by atoms with van der Waals surface area (Å²) in [5, 5.41) is 6.90. The molecule has 6 nitrogen and oxygen atoms in total. The van der Waals surface area contributed by atoms with E-state index in [4.69, 9.17) is 4.74 Å². The molecule has 0 aliphatic carbocycles. The number of nitrogens with one attached hydrogen (secondary N) is 2. The first-order valence-electron chi connectivity index (χ1n) is 11.1. The van der Waals surface area contributed by atoms with Crippen molar-refractivity contribution < 1.29 is 19.1 Å². The summed E-state index contributed by atoms with van der Waals surface area (Å²) in [5.41, 5.74) is 1.61. The number of carbonyl (C=O) groups is 3. The predicted octanol–water partition coefficient (Wildman–Crippen LogP) is 2.74. The Bertz CT molecular complexity index is 965. The van der Waals surface area contributed by atoms with E-state index in [9.17, 15) is 14.4 Å². The summed E-state index contributed by atoms with van der Waals surface area (Å²) in [6.45, 7) is 9.61. The van der Waals surface area contributed by atoms with Crippen molar-refractivity contribution in [1.29, 1.82) is 0 Å². The predicted molar refractivity (Wildman–Crippen MR) is 128 cm³/mol. The Morgan fingerprint density at radius 3 is 2.28 bits per heavy atom. The summed E-state index contributed by atoms with van der Waals surface area (Å²) >= 11 is 0. The number of Topliss-reactive ketones (excluding diaryl/α,β-unsaturated/α-hetero) is 1. The lowest BCUT2D eigenvalue weighted by atomic mass is 9.96. The van der Waals surface area contributed by atoms with Crippen LogP contribution < -0.4 is 20.6 Å². The fourth-order valence-corrected chi connectivity index (χ4v) is 4.92. The molecule has 2 unspecified atom stereocenters. The zero-order valence-corrected chi connectivity index (χ0v) is 20.2. The van der Waals surface area contributed by atoms with Gasteiger partial charge in [-0.05, 0) is 30.2 Å². The number of rotatable bonds is 9. The molecule has 1 aliphatic heterocycles. The van der Waals surface area contributed by atoms with E-state index in [2.05, 4.69) is 42.4 Å². The summed E-state index contributed by atoms with van der Waals surface area (Å²) in [6.07, 6.45) is 0.361. The maximum Gasteiger partial charge on any atom is 0.226 e. The molecule has 1 heterocycles. The maximum atomic E-state index is 13.3. The van der Waals surface area contributed by atoms with Gasteiger partial charge in [0, 0.05) is 19.4 Å². The van der Waals surface area contributed by atoms with Crippen LogP contribution in [0.1, 0.15) is 30.5 Å². The highest BCUT2D eigenvalue weighted by Crippen LogP contribution is 2.22. The molecular weight excluding hydrogens is 420 g/mol. The summed E-state index contributed by atoms with van der Waals surface area (Å²) < 4.78 is 5.49. The second-order valence-corrected chi connectivity index (χ2v) is 14.3. The second-order valence-electron chi connectivity index (χ2n) is 9.24. The Morgan fingerprint density at radius 2 is 1.75 bits per heavy atom. The minimum absolute atomic E-state index is 0.0967. The summed E-state index contributed by atoms with van der Waals surface area (Å²) in [7, 11) is -1.41. The highest BCUT2D eigenvalue weighted by atomic mass is 28.3. The fourth-order valence-electron chi connectivity index (χ4n) is 3.75. The molecule has 0 spiro atoms. The lowest BCUT2D eigenvalue weighted by molar-refractivity contribution is -0.130. The number of ketones is 1.